The summed E-state index contributed by atoms with van der Waals surface area (Å²) in [6.45, 7) is 4.14. The third kappa shape index (κ3) is 2.55. The molecule has 6 heteroatoms. The third-order valence-corrected chi connectivity index (χ3v) is 5.74. The maximum atomic E-state index is 10.1. The predicted octanol–water partition coefficient (Wildman–Crippen LogP) is 3.63. The SMILES string of the molecule is CC(C)C1=CC(Br)(Br)C(O)(O)C(Br)(Br)C1. The maximum absolute atomic E-state index is 10.1. The molecular weight excluding hydrogens is 460 g/mol. The standard InChI is InChI=1S/C9H12Br4O2/c1-5(2)6-3-7(10,11)9(14,15)8(12,13)4-6/h3,5,14-15H,4H2,1-2H3. The van der Waals surface area contributed by atoms with Crippen LogP contribution in [0.15, 0.2) is 11.6 Å². The van der Waals surface area contributed by atoms with Crippen molar-refractivity contribution in [1.82, 2.24) is 0 Å². The van der Waals surface area contributed by atoms with Crippen LogP contribution in [0.3, 0.4) is 0 Å². The van der Waals surface area contributed by atoms with Gasteiger partial charge < -0.3 is 10.2 Å². The van der Waals surface area contributed by atoms with Crippen molar-refractivity contribution in [2.24, 2.45) is 5.92 Å². The van der Waals surface area contributed by atoms with Crippen LogP contribution in [0.4, 0.5) is 0 Å². The van der Waals surface area contributed by atoms with Crippen LogP contribution in [0.1, 0.15) is 20.3 Å². The lowest BCUT2D eigenvalue weighted by Crippen LogP contribution is -2.59. The van der Waals surface area contributed by atoms with Gasteiger partial charge in [0.15, 0.2) is 3.23 Å². The van der Waals surface area contributed by atoms with Gasteiger partial charge in [-0.15, -0.1) is 0 Å². The first-order valence-corrected chi connectivity index (χ1v) is 7.60. The predicted molar refractivity (Wildman–Crippen MR) is 75.9 cm³/mol. The molecule has 0 bridgehead atoms. The Kier molecular flexibility index (Phi) is 4.25. The Hall–Kier alpha value is 1.58. The molecule has 0 fully saturated rings. The second-order valence-electron chi connectivity index (χ2n) is 4.05. The summed E-state index contributed by atoms with van der Waals surface area (Å²) in [5.74, 6) is -1.62. The zero-order valence-electron chi connectivity index (χ0n) is 8.27. The van der Waals surface area contributed by atoms with Gasteiger partial charge in [0.1, 0.15) is 3.23 Å². The van der Waals surface area contributed by atoms with Gasteiger partial charge in [-0.2, -0.15) is 0 Å². The first kappa shape index (κ1) is 14.6. The van der Waals surface area contributed by atoms with Gasteiger partial charge in [-0.3, -0.25) is 0 Å². The van der Waals surface area contributed by atoms with Gasteiger partial charge in [-0.1, -0.05) is 89.2 Å². The average molecular weight is 472 g/mol. The number of hydrogen-bond acceptors (Lipinski definition) is 2. The minimum atomic E-state index is -1.97. The highest BCUT2D eigenvalue weighted by Gasteiger charge is 2.60. The normalized spacial score (nSPS) is 27.7. The van der Waals surface area contributed by atoms with E-state index in [9.17, 15) is 10.2 Å². The summed E-state index contributed by atoms with van der Waals surface area (Å²) in [7, 11) is 0. The van der Waals surface area contributed by atoms with E-state index in [0.29, 0.717) is 12.3 Å². The van der Waals surface area contributed by atoms with Gasteiger partial charge >= 0.3 is 0 Å². The number of aliphatic hydroxyl groups is 2. The molecule has 1 aliphatic carbocycles. The smallest absolute Gasteiger partial charge is 0.218 e. The molecule has 0 radical (unpaired) electrons. The van der Waals surface area contributed by atoms with Crippen molar-refractivity contribution in [3.8, 4) is 0 Å². The molecule has 0 saturated carbocycles. The van der Waals surface area contributed by atoms with E-state index in [4.69, 9.17) is 0 Å². The Morgan fingerprint density at radius 1 is 1.20 bits per heavy atom. The fourth-order valence-corrected chi connectivity index (χ4v) is 4.98. The molecule has 0 aromatic rings. The monoisotopic (exact) mass is 468 g/mol. The molecule has 88 valence electrons. The van der Waals surface area contributed by atoms with E-state index in [-0.39, 0.29) is 0 Å². The Labute approximate surface area is 123 Å². The van der Waals surface area contributed by atoms with Crippen LogP contribution >= 0.6 is 63.7 Å². The van der Waals surface area contributed by atoms with Crippen molar-refractivity contribution in [3.05, 3.63) is 11.6 Å². The van der Waals surface area contributed by atoms with Crippen LogP contribution in [0.5, 0.6) is 0 Å². The molecule has 2 nitrogen and oxygen atoms in total. The second kappa shape index (κ2) is 4.35. The summed E-state index contributed by atoms with van der Waals surface area (Å²) in [6.07, 6.45) is 2.33. The summed E-state index contributed by atoms with van der Waals surface area (Å²) in [4.78, 5) is 0. The van der Waals surface area contributed by atoms with Crippen LogP contribution in [-0.2, 0) is 0 Å². The molecule has 1 rings (SSSR count). The molecule has 2 N–H and O–H groups in total. The molecule has 0 heterocycles. The molecule has 0 spiro atoms. The van der Waals surface area contributed by atoms with E-state index in [1.54, 1.807) is 6.08 Å². The van der Waals surface area contributed by atoms with Gasteiger partial charge in [0.05, 0.1) is 0 Å². The van der Waals surface area contributed by atoms with E-state index in [0.717, 1.165) is 5.57 Å². The molecule has 0 aromatic heterocycles. The van der Waals surface area contributed by atoms with Crippen molar-refractivity contribution < 1.29 is 10.2 Å². The summed E-state index contributed by atoms with van der Waals surface area (Å²) < 4.78 is -2.02. The number of halogens is 4. The Balaban J connectivity index is 3.22. The lowest BCUT2D eigenvalue weighted by atomic mass is 9.88. The van der Waals surface area contributed by atoms with Gasteiger partial charge in [0, 0.05) is 0 Å². The zero-order valence-corrected chi connectivity index (χ0v) is 14.6. The van der Waals surface area contributed by atoms with Crippen LogP contribution in [0, 0.1) is 5.92 Å². The molecule has 0 aliphatic heterocycles. The zero-order chi connectivity index (χ0) is 12.1. The van der Waals surface area contributed by atoms with Gasteiger partial charge in [0.2, 0.25) is 5.79 Å². The Morgan fingerprint density at radius 2 is 1.67 bits per heavy atom. The largest absolute Gasteiger partial charge is 0.362 e. The second-order valence-corrected chi connectivity index (χ2v) is 11.4. The van der Waals surface area contributed by atoms with Gasteiger partial charge in [-0.05, 0) is 12.3 Å². The molecule has 0 aromatic carbocycles. The Bertz CT molecular complexity index is 294. The Morgan fingerprint density at radius 3 is 2.00 bits per heavy atom. The van der Waals surface area contributed by atoms with Crippen LogP contribution in [0.25, 0.3) is 0 Å². The first-order valence-electron chi connectivity index (χ1n) is 4.43. The first-order chi connectivity index (χ1) is 6.51. The van der Waals surface area contributed by atoms with Crippen molar-refractivity contribution in [1.29, 1.82) is 0 Å². The number of alkyl halides is 4. The van der Waals surface area contributed by atoms with E-state index in [1.807, 2.05) is 0 Å². The molecule has 0 saturated heterocycles. The number of allylic oxidation sites excluding steroid dienone is 1. The quantitative estimate of drug-likeness (QED) is 0.348. The van der Waals surface area contributed by atoms with Crippen molar-refractivity contribution >= 4 is 63.7 Å². The average Bonchev–Trinajstić information content (AvgIpc) is 1.99. The highest BCUT2D eigenvalue weighted by Crippen LogP contribution is 2.57. The molecule has 0 unspecified atom stereocenters. The molecule has 0 amide bonds. The number of hydrogen-bond donors (Lipinski definition) is 2. The minimum absolute atomic E-state index is 0.352. The topological polar surface area (TPSA) is 40.5 Å². The van der Waals surface area contributed by atoms with E-state index in [2.05, 4.69) is 77.6 Å². The van der Waals surface area contributed by atoms with Crippen molar-refractivity contribution in [3.63, 3.8) is 0 Å². The van der Waals surface area contributed by atoms with E-state index >= 15 is 0 Å². The van der Waals surface area contributed by atoms with Crippen LogP contribution < -0.4 is 0 Å². The fraction of sp³-hybridized carbons (Fsp3) is 0.778. The highest BCUT2D eigenvalue weighted by molar-refractivity contribution is 9.26. The molecule has 0 atom stereocenters. The van der Waals surface area contributed by atoms with Crippen LogP contribution in [0.2, 0.25) is 0 Å². The maximum Gasteiger partial charge on any atom is 0.218 e. The number of rotatable bonds is 1. The van der Waals surface area contributed by atoms with Crippen molar-refractivity contribution in [2.45, 2.75) is 32.5 Å². The lowest BCUT2D eigenvalue weighted by Gasteiger charge is -2.46. The van der Waals surface area contributed by atoms with E-state index < -0.39 is 12.3 Å². The summed E-state index contributed by atoms with van der Waals surface area (Å²) >= 11 is 13.2. The third-order valence-electron chi connectivity index (χ3n) is 2.51. The van der Waals surface area contributed by atoms with Crippen molar-refractivity contribution in [2.75, 3.05) is 0 Å². The summed E-state index contributed by atoms with van der Waals surface area (Å²) in [5, 5.41) is 20.1. The molecular formula is C9H12Br4O2. The fourth-order valence-electron chi connectivity index (χ4n) is 1.38. The van der Waals surface area contributed by atoms with Crippen LogP contribution in [-0.4, -0.2) is 22.5 Å². The lowest BCUT2D eigenvalue weighted by molar-refractivity contribution is -0.164. The van der Waals surface area contributed by atoms with E-state index in [1.165, 1.54) is 0 Å². The summed E-state index contributed by atoms with van der Waals surface area (Å²) in [5.41, 5.74) is 1.14. The minimum Gasteiger partial charge on any atom is -0.362 e. The highest BCUT2D eigenvalue weighted by atomic mass is 79.9. The summed E-state index contributed by atoms with van der Waals surface area (Å²) in [6, 6.07) is 0. The molecule has 1 aliphatic rings. The molecule has 15 heavy (non-hydrogen) atoms. The van der Waals surface area contributed by atoms with Gasteiger partial charge in [0.25, 0.3) is 0 Å². The van der Waals surface area contributed by atoms with Gasteiger partial charge in [-0.25, -0.2) is 0 Å².